The van der Waals surface area contributed by atoms with E-state index >= 15 is 0 Å². The lowest BCUT2D eigenvalue weighted by Crippen LogP contribution is -2.24. The van der Waals surface area contributed by atoms with Crippen LogP contribution < -0.4 is 0 Å². The highest BCUT2D eigenvalue weighted by molar-refractivity contribution is 5.89. The molecule has 0 aromatic rings. The summed E-state index contributed by atoms with van der Waals surface area (Å²) in [6.45, 7) is 3.82. The molecule has 0 aromatic carbocycles. The number of hydrogen-bond acceptors (Lipinski definition) is 4. The molecule has 1 rings (SSSR count). The maximum absolute atomic E-state index is 12.0. The molecule has 96 valence electrons. The number of esters is 2. The molecule has 0 amide bonds. The van der Waals surface area contributed by atoms with Gasteiger partial charge in [0.15, 0.2) is 0 Å². The molecule has 4 nitrogen and oxygen atoms in total. The van der Waals surface area contributed by atoms with Gasteiger partial charge in [0.1, 0.15) is 12.2 Å². The minimum absolute atomic E-state index is 0.308. The van der Waals surface area contributed by atoms with Gasteiger partial charge in [-0.3, -0.25) is 4.79 Å². The number of carbonyl (C=O) groups excluding carboxylic acids is 2. The molecule has 0 saturated carbocycles. The van der Waals surface area contributed by atoms with E-state index in [9.17, 15) is 22.8 Å². The van der Waals surface area contributed by atoms with E-state index in [4.69, 9.17) is 4.74 Å². The topological polar surface area (TPSA) is 52.6 Å². The van der Waals surface area contributed by atoms with Gasteiger partial charge in [-0.1, -0.05) is 6.58 Å². The van der Waals surface area contributed by atoms with Crippen LogP contribution in [0.25, 0.3) is 0 Å². The maximum atomic E-state index is 12.0. The van der Waals surface area contributed by atoms with Crippen LogP contribution in [0.2, 0.25) is 0 Å². The Balaban J connectivity index is 2.44. The monoisotopic (exact) mass is 252 g/mol. The van der Waals surface area contributed by atoms with Crippen LogP contribution in [0.4, 0.5) is 13.2 Å². The second kappa shape index (κ2) is 4.77. The molecule has 1 aliphatic heterocycles. The number of ether oxygens (including phenoxy) is 2. The van der Waals surface area contributed by atoms with Gasteiger partial charge in [-0.05, 0) is 6.92 Å². The van der Waals surface area contributed by atoms with E-state index in [1.807, 2.05) is 0 Å². The largest absolute Gasteiger partial charge is 0.462 e. The summed E-state index contributed by atoms with van der Waals surface area (Å²) in [6.07, 6.45) is -4.80. The normalized spacial score (nSPS) is 24.4. The lowest BCUT2D eigenvalue weighted by atomic mass is 10.1. The summed E-state index contributed by atoms with van der Waals surface area (Å²) in [7, 11) is 0. The van der Waals surface area contributed by atoms with Crippen LogP contribution in [-0.2, 0) is 19.1 Å². The second-order valence-corrected chi connectivity index (χ2v) is 3.75. The van der Waals surface area contributed by atoms with Crippen molar-refractivity contribution in [2.45, 2.75) is 25.6 Å². The van der Waals surface area contributed by atoms with Gasteiger partial charge >= 0.3 is 18.1 Å². The van der Waals surface area contributed by atoms with Crippen LogP contribution in [0.3, 0.4) is 0 Å². The molecule has 2 unspecified atom stereocenters. The van der Waals surface area contributed by atoms with Crippen LogP contribution in [0, 0.1) is 5.92 Å². The number of rotatable bonds is 3. The highest BCUT2D eigenvalue weighted by Crippen LogP contribution is 2.26. The first-order chi connectivity index (χ1) is 7.71. The van der Waals surface area contributed by atoms with Crippen molar-refractivity contribution in [1.29, 1.82) is 0 Å². The van der Waals surface area contributed by atoms with Crippen LogP contribution in [0.1, 0.15) is 13.3 Å². The van der Waals surface area contributed by atoms with E-state index in [1.54, 1.807) is 6.92 Å². The Kier molecular flexibility index (Phi) is 3.79. The molecule has 1 aliphatic rings. The number of hydrogen-bond donors (Lipinski definition) is 0. The van der Waals surface area contributed by atoms with Gasteiger partial charge in [0.2, 0.25) is 0 Å². The lowest BCUT2D eigenvalue weighted by Gasteiger charge is -2.11. The van der Waals surface area contributed by atoms with Crippen molar-refractivity contribution in [3.05, 3.63) is 12.2 Å². The Morgan fingerprint density at radius 2 is 2.18 bits per heavy atom. The average Bonchev–Trinajstić information content (AvgIpc) is 2.51. The summed E-state index contributed by atoms with van der Waals surface area (Å²) >= 11 is 0. The fourth-order valence-corrected chi connectivity index (χ4v) is 1.35. The lowest BCUT2D eigenvalue weighted by molar-refractivity contribution is -0.153. The van der Waals surface area contributed by atoms with Gasteiger partial charge in [0, 0.05) is 6.42 Å². The summed E-state index contributed by atoms with van der Waals surface area (Å²) in [6, 6.07) is 0. The van der Waals surface area contributed by atoms with E-state index in [-0.39, 0.29) is 6.10 Å². The first-order valence-corrected chi connectivity index (χ1v) is 4.85. The smallest absolute Gasteiger partial charge is 0.422 e. The molecule has 0 aliphatic carbocycles. The number of halogens is 3. The average molecular weight is 252 g/mol. The third-order valence-electron chi connectivity index (χ3n) is 2.27. The molecule has 7 heteroatoms. The number of carbonyl (C=O) groups is 2. The van der Waals surface area contributed by atoms with Crippen molar-refractivity contribution >= 4 is 11.9 Å². The van der Waals surface area contributed by atoms with Crippen LogP contribution >= 0.6 is 0 Å². The highest BCUT2D eigenvalue weighted by Gasteiger charge is 2.39. The van der Waals surface area contributed by atoms with Gasteiger partial charge in [-0.25, -0.2) is 4.79 Å². The molecular formula is C10H11F3O4. The zero-order chi connectivity index (χ0) is 13.2. The summed E-state index contributed by atoms with van der Waals surface area (Å²) in [5.41, 5.74) is -1.59. The summed E-state index contributed by atoms with van der Waals surface area (Å²) in [5.74, 6) is -2.83. The van der Waals surface area contributed by atoms with Crippen LogP contribution in [-0.4, -0.2) is 30.8 Å². The minimum atomic E-state index is -4.82. The highest BCUT2D eigenvalue weighted by atomic mass is 19.4. The quantitative estimate of drug-likeness (QED) is 0.565. The predicted molar refractivity (Wildman–Crippen MR) is 49.8 cm³/mol. The van der Waals surface area contributed by atoms with Gasteiger partial charge in [-0.2, -0.15) is 13.2 Å². The Morgan fingerprint density at radius 1 is 1.59 bits per heavy atom. The van der Waals surface area contributed by atoms with Gasteiger partial charge in [0.25, 0.3) is 0 Å². The van der Waals surface area contributed by atoms with Gasteiger partial charge in [0.05, 0.1) is 12.0 Å². The molecule has 17 heavy (non-hydrogen) atoms. The molecule has 1 heterocycles. The molecular weight excluding hydrogens is 241 g/mol. The zero-order valence-corrected chi connectivity index (χ0v) is 9.04. The molecule has 2 atom stereocenters. The van der Waals surface area contributed by atoms with Gasteiger partial charge < -0.3 is 9.47 Å². The van der Waals surface area contributed by atoms with E-state index in [1.165, 1.54) is 0 Å². The van der Waals surface area contributed by atoms with Crippen molar-refractivity contribution in [3.63, 3.8) is 0 Å². The van der Waals surface area contributed by atoms with Crippen molar-refractivity contribution in [2.75, 3.05) is 6.61 Å². The molecule has 0 radical (unpaired) electrons. The Hall–Kier alpha value is -1.53. The number of alkyl halides is 3. The Labute approximate surface area is 95.4 Å². The van der Waals surface area contributed by atoms with Gasteiger partial charge in [-0.15, -0.1) is 0 Å². The fourth-order valence-electron chi connectivity index (χ4n) is 1.35. The number of cyclic esters (lactones) is 1. The van der Waals surface area contributed by atoms with Crippen molar-refractivity contribution < 1.29 is 32.2 Å². The minimum Gasteiger partial charge on any atom is -0.462 e. The first kappa shape index (κ1) is 13.5. The van der Waals surface area contributed by atoms with Crippen molar-refractivity contribution in [1.82, 2.24) is 0 Å². The Bertz CT molecular complexity index is 348. The van der Waals surface area contributed by atoms with Crippen molar-refractivity contribution in [3.8, 4) is 0 Å². The SMILES string of the molecule is C=C(C(=O)OCC1CC(C)OC1=O)C(F)(F)F. The summed E-state index contributed by atoms with van der Waals surface area (Å²) < 4.78 is 45.3. The van der Waals surface area contributed by atoms with E-state index in [2.05, 4.69) is 11.3 Å². The van der Waals surface area contributed by atoms with E-state index in [0.717, 1.165) is 0 Å². The molecule has 0 spiro atoms. The van der Waals surface area contributed by atoms with Crippen molar-refractivity contribution in [2.24, 2.45) is 5.92 Å². The Morgan fingerprint density at radius 3 is 2.59 bits per heavy atom. The predicted octanol–water partition coefficient (Wildman–Crippen LogP) is 1.60. The molecule has 0 N–H and O–H groups in total. The third-order valence-corrected chi connectivity index (χ3v) is 2.27. The first-order valence-electron chi connectivity index (χ1n) is 4.85. The standard InChI is InChI=1S/C10H11F3O4/c1-5-3-7(9(15)17-5)4-16-8(14)6(2)10(11,12)13/h5,7H,2-4H2,1H3. The zero-order valence-electron chi connectivity index (χ0n) is 9.04. The summed E-state index contributed by atoms with van der Waals surface area (Å²) in [5, 5.41) is 0. The molecule has 0 aromatic heterocycles. The molecule has 0 bridgehead atoms. The van der Waals surface area contributed by atoms with E-state index < -0.39 is 36.2 Å². The van der Waals surface area contributed by atoms with Crippen LogP contribution in [0.5, 0.6) is 0 Å². The van der Waals surface area contributed by atoms with Crippen LogP contribution in [0.15, 0.2) is 12.2 Å². The maximum Gasteiger partial charge on any atom is 0.422 e. The molecule has 1 fully saturated rings. The third kappa shape index (κ3) is 3.47. The second-order valence-electron chi connectivity index (χ2n) is 3.75. The summed E-state index contributed by atoms with van der Waals surface area (Å²) in [4.78, 5) is 22.0. The fraction of sp³-hybridized carbons (Fsp3) is 0.600. The molecule has 1 saturated heterocycles. The van der Waals surface area contributed by atoms with E-state index in [0.29, 0.717) is 6.42 Å².